The molecular formula is C23H20ClN3. The fraction of sp³-hybridized carbons (Fsp3) is 0.130. The van der Waals surface area contributed by atoms with Crippen LogP contribution in [0.25, 0.3) is 22.0 Å². The van der Waals surface area contributed by atoms with Crippen LogP contribution in [0.1, 0.15) is 18.5 Å². The zero-order valence-electron chi connectivity index (χ0n) is 15.3. The number of benzene rings is 3. The van der Waals surface area contributed by atoms with Crippen molar-refractivity contribution in [2.75, 3.05) is 11.9 Å². The van der Waals surface area contributed by atoms with Gasteiger partial charge >= 0.3 is 0 Å². The first-order valence-corrected chi connectivity index (χ1v) is 9.32. The Bertz CT molecular complexity index is 1080. The van der Waals surface area contributed by atoms with Crippen molar-refractivity contribution in [1.82, 2.24) is 10.2 Å². The first kappa shape index (κ1) is 17.5. The molecule has 1 heterocycles. The molecule has 0 amide bonds. The molecule has 0 aliphatic carbocycles. The Kier molecular flexibility index (Phi) is 4.78. The molecule has 3 nitrogen and oxygen atoms in total. The number of fused-ring (bicyclic) bond motifs is 1. The Hall–Kier alpha value is -2.91. The predicted octanol–water partition coefficient (Wildman–Crippen LogP) is 6.15. The van der Waals surface area contributed by atoms with Crippen LogP contribution in [0, 0.1) is 0 Å². The molecule has 0 spiro atoms. The lowest BCUT2D eigenvalue weighted by Gasteiger charge is -2.27. The zero-order valence-corrected chi connectivity index (χ0v) is 16.1. The minimum Gasteiger partial charge on any atom is -0.351 e. The lowest BCUT2D eigenvalue weighted by Crippen LogP contribution is -2.23. The van der Waals surface area contributed by atoms with Crippen LogP contribution in [0.2, 0.25) is 5.02 Å². The van der Waals surface area contributed by atoms with Crippen LogP contribution in [0.3, 0.4) is 0 Å². The van der Waals surface area contributed by atoms with Crippen LogP contribution in [0.15, 0.2) is 78.9 Å². The molecule has 0 fully saturated rings. The highest BCUT2D eigenvalue weighted by Gasteiger charge is 2.19. The van der Waals surface area contributed by atoms with Crippen LogP contribution < -0.4 is 4.90 Å². The highest BCUT2D eigenvalue weighted by molar-refractivity contribution is 6.33. The summed E-state index contributed by atoms with van der Waals surface area (Å²) in [5, 5.41) is 11.9. The summed E-state index contributed by atoms with van der Waals surface area (Å²) in [5.74, 6) is 0.859. The Morgan fingerprint density at radius 3 is 2.15 bits per heavy atom. The van der Waals surface area contributed by atoms with Crippen molar-refractivity contribution in [3.8, 4) is 11.3 Å². The van der Waals surface area contributed by atoms with Gasteiger partial charge in [0.15, 0.2) is 5.82 Å². The van der Waals surface area contributed by atoms with Gasteiger partial charge in [-0.05, 0) is 18.6 Å². The number of hydrogen-bond donors (Lipinski definition) is 0. The van der Waals surface area contributed by atoms with Crippen LogP contribution in [0.5, 0.6) is 0 Å². The normalized spacial score (nSPS) is 12.1. The molecule has 0 bridgehead atoms. The van der Waals surface area contributed by atoms with Crippen molar-refractivity contribution >= 4 is 28.2 Å². The highest BCUT2D eigenvalue weighted by Crippen LogP contribution is 2.36. The van der Waals surface area contributed by atoms with Crippen molar-refractivity contribution in [2.24, 2.45) is 0 Å². The van der Waals surface area contributed by atoms with E-state index in [1.54, 1.807) is 0 Å². The molecule has 4 aromatic rings. The fourth-order valence-corrected chi connectivity index (χ4v) is 3.57. The molecule has 1 unspecified atom stereocenters. The molecule has 3 aromatic carbocycles. The SMILES string of the molecule is CC(c1ccccc1)N(C)c1nnc(-c2ccccc2Cl)c2ccccc12. The summed E-state index contributed by atoms with van der Waals surface area (Å²) in [4.78, 5) is 2.17. The molecule has 0 saturated heterocycles. The number of aromatic nitrogens is 2. The number of anilines is 1. The molecule has 0 aliphatic rings. The smallest absolute Gasteiger partial charge is 0.159 e. The first-order valence-electron chi connectivity index (χ1n) is 8.95. The summed E-state index contributed by atoms with van der Waals surface area (Å²) in [7, 11) is 2.06. The maximum Gasteiger partial charge on any atom is 0.159 e. The van der Waals surface area contributed by atoms with E-state index in [2.05, 4.69) is 65.5 Å². The second-order valence-electron chi connectivity index (χ2n) is 6.60. The second-order valence-corrected chi connectivity index (χ2v) is 7.00. The third-order valence-corrected chi connectivity index (χ3v) is 5.32. The minimum absolute atomic E-state index is 0.176. The van der Waals surface area contributed by atoms with E-state index < -0.39 is 0 Å². The summed E-state index contributed by atoms with van der Waals surface area (Å²) in [6, 6.07) is 26.6. The molecule has 0 radical (unpaired) electrons. The van der Waals surface area contributed by atoms with Gasteiger partial charge in [-0.15, -0.1) is 10.2 Å². The topological polar surface area (TPSA) is 29.0 Å². The van der Waals surface area contributed by atoms with Crippen LogP contribution in [-0.2, 0) is 0 Å². The summed E-state index contributed by atoms with van der Waals surface area (Å²) in [6.07, 6.45) is 0. The highest BCUT2D eigenvalue weighted by atomic mass is 35.5. The van der Waals surface area contributed by atoms with Crippen molar-refractivity contribution in [2.45, 2.75) is 13.0 Å². The molecule has 0 saturated carbocycles. The van der Waals surface area contributed by atoms with Gasteiger partial charge < -0.3 is 4.90 Å². The molecule has 1 atom stereocenters. The number of rotatable bonds is 4. The quantitative estimate of drug-likeness (QED) is 0.429. The largest absolute Gasteiger partial charge is 0.351 e. The van der Waals surface area contributed by atoms with Gasteiger partial charge in [0.1, 0.15) is 5.69 Å². The summed E-state index contributed by atoms with van der Waals surface area (Å²) < 4.78 is 0. The van der Waals surface area contributed by atoms with Crippen LogP contribution >= 0.6 is 11.6 Å². The number of hydrogen-bond acceptors (Lipinski definition) is 3. The third-order valence-electron chi connectivity index (χ3n) is 4.99. The minimum atomic E-state index is 0.176. The van der Waals surface area contributed by atoms with E-state index in [1.807, 2.05) is 42.5 Å². The lowest BCUT2D eigenvalue weighted by molar-refractivity contribution is 0.725. The fourth-order valence-electron chi connectivity index (χ4n) is 3.34. The number of halogens is 1. The van der Waals surface area contributed by atoms with Crippen molar-refractivity contribution in [3.63, 3.8) is 0 Å². The molecule has 1 aromatic heterocycles. The summed E-state index contributed by atoms with van der Waals surface area (Å²) in [5.41, 5.74) is 2.94. The average molecular weight is 374 g/mol. The lowest BCUT2D eigenvalue weighted by atomic mass is 10.0. The number of nitrogens with zero attached hydrogens (tertiary/aromatic N) is 3. The van der Waals surface area contributed by atoms with Crippen molar-refractivity contribution in [1.29, 1.82) is 0 Å². The van der Waals surface area contributed by atoms with E-state index in [9.17, 15) is 0 Å². The van der Waals surface area contributed by atoms with E-state index in [1.165, 1.54) is 5.56 Å². The maximum absolute atomic E-state index is 6.41. The van der Waals surface area contributed by atoms with Gasteiger partial charge in [-0.3, -0.25) is 0 Å². The Morgan fingerprint density at radius 2 is 1.41 bits per heavy atom. The monoisotopic (exact) mass is 373 g/mol. The van der Waals surface area contributed by atoms with Gasteiger partial charge in [-0.1, -0.05) is 84.4 Å². The average Bonchev–Trinajstić information content (AvgIpc) is 2.73. The van der Waals surface area contributed by atoms with E-state index >= 15 is 0 Å². The van der Waals surface area contributed by atoms with Gasteiger partial charge in [0.2, 0.25) is 0 Å². The standard InChI is InChI=1S/C23H20ClN3/c1-16(17-10-4-3-5-11-17)27(2)23-19-13-7-6-12-18(19)22(25-26-23)20-14-8-9-15-21(20)24/h3-16H,1-2H3. The molecule has 0 N–H and O–H groups in total. The Balaban J connectivity index is 1.84. The predicted molar refractivity (Wildman–Crippen MR) is 113 cm³/mol. The van der Waals surface area contributed by atoms with Gasteiger partial charge in [0.25, 0.3) is 0 Å². The third kappa shape index (κ3) is 3.26. The molecule has 0 aliphatic heterocycles. The first-order chi connectivity index (χ1) is 13.2. The summed E-state index contributed by atoms with van der Waals surface area (Å²) in [6.45, 7) is 2.17. The molecule has 134 valence electrons. The van der Waals surface area contributed by atoms with Gasteiger partial charge in [-0.2, -0.15) is 0 Å². The van der Waals surface area contributed by atoms with E-state index in [0.29, 0.717) is 5.02 Å². The van der Waals surface area contributed by atoms with E-state index in [0.717, 1.165) is 27.8 Å². The van der Waals surface area contributed by atoms with Crippen LogP contribution in [0.4, 0.5) is 5.82 Å². The van der Waals surface area contributed by atoms with Gasteiger partial charge in [-0.25, -0.2) is 0 Å². The molecule has 27 heavy (non-hydrogen) atoms. The molecule has 4 heteroatoms. The molecule has 4 rings (SSSR count). The van der Waals surface area contributed by atoms with E-state index in [-0.39, 0.29) is 6.04 Å². The Labute approximate surface area is 164 Å². The maximum atomic E-state index is 6.41. The van der Waals surface area contributed by atoms with Crippen molar-refractivity contribution in [3.05, 3.63) is 89.4 Å². The second kappa shape index (κ2) is 7.37. The zero-order chi connectivity index (χ0) is 18.8. The molecular weight excluding hydrogens is 354 g/mol. The van der Waals surface area contributed by atoms with Crippen molar-refractivity contribution < 1.29 is 0 Å². The van der Waals surface area contributed by atoms with Gasteiger partial charge in [0, 0.05) is 23.4 Å². The van der Waals surface area contributed by atoms with E-state index in [4.69, 9.17) is 11.6 Å². The van der Waals surface area contributed by atoms with Crippen LogP contribution in [-0.4, -0.2) is 17.2 Å². The summed E-state index contributed by atoms with van der Waals surface area (Å²) >= 11 is 6.41. The van der Waals surface area contributed by atoms with Gasteiger partial charge in [0.05, 0.1) is 11.1 Å². The Morgan fingerprint density at radius 1 is 0.778 bits per heavy atom.